The molecule has 0 saturated heterocycles. The molecule has 0 spiro atoms. The van der Waals surface area contributed by atoms with Crippen molar-refractivity contribution in [2.75, 3.05) is 17.1 Å². The molecule has 2 aromatic rings. The van der Waals surface area contributed by atoms with Crippen LogP contribution in [0.5, 0.6) is 0 Å². The molecule has 0 radical (unpaired) electrons. The highest BCUT2D eigenvalue weighted by Crippen LogP contribution is 2.20. The monoisotopic (exact) mass is 501 g/mol. The van der Waals surface area contributed by atoms with Gasteiger partial charge in [-0.15, -0.1) is 0 Å². The first-order valence-corrected chi connectivity index (χ1v) is 14.0. The molecular weight excluding hydrogens is 462 g/mol. The summed E-state index contributed by atoms with van der Waals surface area (Å²) in [6, 6.07) is 14.5. The van der Waals surface area contributed by atoms with Gasteiger partial charge in [-0.05, 0) is 58.2 Å². The molecule has 1 atom stereocenters. The summed E-state index contributed by atoms with van der Waals surface area (Å²) in [5.41, 5.74) is 3.67. The van der Waals surface area contributed by atoms with Crippen molar-refractivity contribution in [1.82, 2.24) is 10.2 Å². The fraction of sp³-hybridized carbons (Fsp3) is 0.481. The third-order valence-corrected chi connectivity index (χ3v) is 6.96. The van der Waals surface area contributed by atoms with E-state index < -0.39 is 16.1 Å². The molecule has 0 bridgehead atoms. The van der Waals surface area contributed by atoms with Crippen LogP contribution in [0.2, 0.25) is 0 Å². The molecule has 0 saturated carbocycles. The zero-order chi connectivity index (χ0) is 26.2. The molecule has 0 fully saturated rings. The van der Waals surface area contributed by atoms with Gasteiger partial charge in [-0.1, -0.05) is 54.4 Å². The van der Waals surface area contributed by atoms with Gasteiger partial charge in [-0.2, -0.15) is 0 Å². The number of nitrogens with one attached hydrogen (secondary N) is 1. The number of rotatable bonds is 12. The Kier molecular flexibility index (Phi) is 10.3. The number of nitrogens with zero attached hydrogens (tertiary/aromatic N) is 2. The third kappa shape index (κ3) is 8.69. The summed E-state index contributed by atoms with van der Waals surface area (Å²) in [7, 11) is -3.51. The minimum absolute atomic E-state index is 0.0364. The Morgan fingerprint density at radius 1 is 0.943 bits per heavy atom. The highest BCUT2D eigenvalue weighted by molar-refractivity contribution is 7.92. The van der Waals surface area contributed by atoms with Gasteiger partial charge in [0.2, 0.25) is 21.8 Å². The maximum absolute atomic E-state index is 13.4. The third-order valence-electron chi connectivity index (χ3n) is 5.76. The maximum Gasteiger partial charge on any atom is 0.243 e. The standard InChI is InChI=1S/C27H39N3O4S/c1-7-25(27(32)28-20(2)3)29(19-23-14-10-21(4)11-15-23)26(31)9-8-18-30(35(6,33)34)24-16-12-22(5)13-17-24/h10-17,20,25H,7-9,18-19H2,1-6H3,(H,28,32). The van der Waals surface area contributed by atoms with Crippen molar-refractivity contribution in [1.29, 1.82) is 0 Å². The Balaban J connectivity index is 2.20. The SMILES string of the molecule is CCC(C(=O)NC(C)C)N(Cc1ccc(C)cc1)C(=O)CCCN(c1ccc(C)cc1)S(C)(=O)=O. The van der Waals surface area contributed by atoms with E-state index in [0.29, 0.717) is 25.1 Å². The minimum atomic E-state index is -3.51. The molecule has 2 aromatic carbocycles. The van der Waals surface area contributed by atoms with Crippen LogP contribution in [0.4, 0.5) is 5.69 Å². The molecule has 0 aliphatic rings. The molecule has 2 amide bonds. The molecule has 0 aliphatic heterocycles. The van der Waals surface area contributed by atoms with Crippen LogP contribution in [-0.4, -0.2) is 50.0 Å². The van der Waals surface area contributed by atoms with E-state index in [1.54, 1.807) is 17.0 Å². The van der Waals surface area contributed by atoms with E-state index in [2.05, 4.69) is 5.32 Å². The van der Waals surface area contributed by atoms with Crippen molar-refractivity contribution in [3.05, 3.63) is 65.2 Å². The lowest BCUT2D eigenvalue weighted by molar-refractivity contribution is -0.141. The summed E-state index contributed by atoms with van der Waals surface area (Å²) < 4.78 is 26.2. The van der Waals surface area contributed by atoms with Crippen LogP contribution in [0.1, 0.15) is 56.7 Å². The second kappa shape index (κ2) is 12.7. The number of amides is 2. The van der Waals surface area contributed by atoms with Crippen LogP contribution in [0, 0.1) is 13.8 Å². The van der Waals surface area contributed by atoms with Crippen LogP contribution in [0.3, 0.4) is 0 Å². The first-order valence-electron chi connectivity index (χ1n) is 12.1. The predicted molar refractivity (Wildman–Crippen MR) is 142 cm³/mol. The van der Waals surface area contributed by atoms with Crippen LogP contribution in [-0.2, 0) is 26.2 Å². The van der Waals surface area contributed by atoms with Crippen molar-refractivity contribution < 1.29 is 18.0 Å². The Hall–Kier alpha value is -2.87. The van der Waals surface area contributed by atoms with Gasteiger partial charge in [-0.25, -0.2) is 8.42 Å². The molecule has 1 N–H and O–H groups in total. The van der Waals surface area contributed by atoms with Gasteiger partial charge in [0.15, 0.2) is 0 Å². The van der Waals surface area contributed by atoms with Crippen molar-refractivity contribution in [3.63, 3.8) is 0 Å². The van der Waals surface area contributed by atoms with Crippen molar-refractivity contribution in [2.24, 2.45) is 0 Å². The Morgan fingerprint density at radius 2 is 1.49 bits per heavy atom. The van der Waals surface area contributed by atoms with E-state index in [1.165, 1.54) is 10.6 Å². The topological polar surface area (TPSA) is 86.8 Å². The second-order valence-corrected chi connectivity index (χ2v) is 11.3. The van der Waals surface area contributed by atoms with E-state index in [0.717, 1.165) is 16.7 Å². The number of benzene rings is 2. The summed E-state index contributed by atoms with van der Waals surface area (Å²) in [4.78, 5) is 27.9. The lowest BCUT2D eigenvalue weighted by atomic mass is 10.1. The van der Waals surface area contributed by atoms with Gasteiger partial charge < -0.3 is 10.2 Å². The van der Waals surface area contributed by atoms with Crippen LogP contribution >= 0.6 is 0 Å². The molecule has 0 heterocycles. The van der Waals surface area contributed by atoms with E-state index >= 15 is 0 Å². The molecule has 2 rings (SSSR count). The first-order chi connectivity index (χ1) is 16.4. The predicted octanol–water partition coefficient (Wildman–Crippen LogP) is 4.18. The lowest BCUT2D eigenvalue weighted by Crippen LogP contribution is -2.50. The largest absolute Gasteiger partial charge is 0.352 e. The first kappa shape index (κ1) is 28.4. The number of carbonyl (C=O) groups is 2. The van der Waals surface area contributed by atoms with E-state index in [9.17, 15) is 18.0 Å². The van der Waals surface area contributed by atoms with E-state index in [-0.39, 0.29) is 30.8 Å². The number of aryl methyl sites for hydroxylation is 2. The Bertz CT molecular complexity index is 1080. The average molecular weight is 502 g/mol. The maximum atomic E-state index is 13.4. The highest BCUT2D eigenvalue weighted by Gasteiger charge is 2.29. The summed E-state index contributed by atoms with van der Waals surface area (Å²) in [5.74, 6) is -0.353. The number of sulfonamides is 1. The van der Waals surface area contributed by atoms with Crippen LogP contribution in [0.25, 0.3) is 0 Å². The van der Waals surface area contributed by atoms with Gasteiger partial charge >= 0.3 is 0 Å². The fourth-order valence-corrected chi connectivity index (χ4v) is 4.87. The summed E-state index contributed by atoms with van der Waals surface area (Å²) >= 11 is 0. The quantitative estimate of drug-likeness (QED) is 0.473. The summed E-state index contributed by atoms with van der Waals surface area (Å²) in [6.45, 7) is 10.1. The number of hydrogen-bond donors (Lipinski definition) is 1. The minimum Gasteiger partial charge on any atom is -0.352 e. The molecule has 0 aromatic heterocycles. The van der Waals surface area contributed by atoms with Gasteiger partial charge in [0, 0.05) is 25.6 Å². The lowest BCUT2D eigenvalue weighted by Gasteiger charge is -2.31. The van der Waals surface area contributed by atoms with E-state index in [4.69, 9.17) is 0 Å². The Labute approximate surface area is 210 Å². The zero-order valence-electron chi connectivity index (χ0n) is 21.7. The molecule has 35 heavy (non-hydrogen) atoms. The fourth-order valence-electron chi connectivity index (χ4n) is 3.91. The smallest absolute Gasteiger partial charge is 0.243 e. The average Bonchev–Trinajstić information content (AvgIpc) is 2.77. The van der Waals surface area contributed by atoms with Gasteiger partial charge in [0.25, 0.3) is 0 Å². The molecule has 7 nitrogen and oxygen atoms in total. The van der Waals surface area contributed by atoms with E-state index in [1.807, 2.05) is 71.0 Å². The molecule has 8 heteroatoms. The highest BCUT2D eigenvalue weighted by atomic mass is 32.2. The van der Waals surface area contributed by atoms with Crippen molar-refractivity contribution in [3.8, 4) is 0 Å². The number of hydrogen-bond acceptors (Lipinski definition) is 4. The van der Waals surface area contributed by atoms with Crippen LogP contribution in [0.15, 0.2) is 48.5 Å². The normalized spacial score (nSPS) is 12.3. The number of carbonyl (C=O) groups excluding carboxylic acids is 2. The Morgan fingerprint density at radius 3 is 1.97 bits per heavy atom. The second-order valence-electron chi connectivity index (χ2n) is 9.37. The molecule has 192 valence electrons. The number of anilines is 1. The van der Waals surface area contributed by atoms with Gasteiger partial charge in [-0.3, -0.25) is 13.9 Å². The van der Waals surface area contributed by atoms with Gasteiger partial charge in [0.1, 0.15) is 6.04 Å². The molecular formula is C27H39N3O4S. The molecule has 0 aliphatic carbocycles. The van der Waals surface area contributed by atoms with Crippen molar-refractivity contribution in [2.45, 2.75) is 72.5 Å². The summed E-state index contributed by atoms with van der Waals surface area (Å²) in [6.07, 6.45) is 2.12. The molecule has 1 unspecified atom stereocenters. The van der Waals surface area contributed by atoms with Crippen LogP contribution < -0.4 is 9.62 Å². The van der Waals surface area contributed by atoms with Crippen molar-refractivity contribution >= 4 is 27.5 Å². The summed E-state index contributed by atoms with van der Waals surface area (Å²) in [5, 5.41) is 2.92. The van der Waals surface area contributed by atoms with Gasteiger partial charge in [0.05, 0.1) is 11.9 Å². The zero-order valence-corrected chi connectivity index (χ0v) is 22.6.